The maximum atomic E-state index is 11.3. The van der Waals surface area contributed by atoms with Gasteiger partial charge in [0, 0.05) is 12.0 Å². The van der Waals surface area contributed by atoms with Crippen LogP contribution in [0.2, 0.25) is 0 Å². The molecule has 0 aliphatic rings. The lowest BCUT2D eigenvalue weighted by Gasteiger charge is -2.07. The van der Waals surface area contributed by atoms with E-state index in [-0.39, 0.29) is 31.2 Å². The minimum atomic E-state index is -0.657. The summed E-state index contributed by atoms with van der Waals surface area (Å²) in [6.45, 7) is 8.97. The van der Waals surface area contributed by atoms with Crippen LogP contribution < -0.4 is 0 Å². The van der Waals surface area contributed by atoms with Crippen molar-refractivity contribution < 1.29 is 28.6 Å². The van der Waals surface area contributed by atoms with Crippen molar-refractivity contribution in [1.82, 2.24) is 0 Å². The lowest BCUT2D eigenvalue weighted by molar-refractivity contribution is -0.152. The molecule has 6 heteroatoms. The van der Waals surface area contributed by atoms with Crippen molar-refractivity contribution in [2.24, 2.45) is 0 Å². The molecule has 0 radical (unpaired) electrons. The third kappa shape index (κ3) is 10.4. The Balaban J connectivity index is 3.68. The van der Waals surface area contributed by atoms with Gasteiger partial charge in [-0.25, -0.2) is 4.79 Å². The fourth-order valence-electron chi connectivity index (χ4n) is 1.36. The van der Waals surface area contributed by atoms with E-state index in [9.17, 15) is 14.4 Å². The molecule has 0 saturated carbocycles. The number of carbonyl (C=O) groups is 3. The molecule has 0 bridgehead atoms. The summed E-state index contributed by atoms with van der Waals surface area (Å²) in [6, 6.07) is 0. The van der Waals surface area contributed by atoms with Crippen molar-refractivity contribution >= 4 is 17.9 Å². The van der Waals surface area contributed by atoms with Gasteiger partial charge in [0.1, 0.15) is 13.2 Å². The van der Waals surface area contributed by atoms with E-state index in [0.717, 1.165) is 12.0 Å². The molecule has 118 valence electrons. The number of esters is 3. The minimum absolute atomic E-state index is 0.0116. The molecule has 0 amide bonds. The number of hydrogen-bond donors (Lipinski definition) is 0. The van der Waals surface area contributed by atoms with E-state index in [0.29, 0.717) is 12.8 Å². The van der Waals surface area contributed by atoms with E-state index in [1.807, 2.05) is 6.92 Å². The second kappa shape index (κ2) is 10.7. The number of allylic oxidation sites excluding steroid dienone is 1. The Morgan fingerprint density at radius 3 is 2.05 bits per heavy atom. The summed E-state index contributed by atoms with van der Waals surface area (Å²) < 4.78 is 14.1. The standard InChI is InChI=1S/C15H22O6/c1-11(2)6-5-7-13(16)20-8-9-21-14(17)10-12(3)15(18)19-4/h1,3,5-10H2,2,4H3. The van der Waals surface area contributed by atoms with Gasteiger partial charge in [-0.2, -0.15) is 0 Å². The zero-order valence-corrected chi connectivity index (χ0v) is 12.6. The number of carbonyl (C=O) groups excluding carboxylic acids is 3. The highest BCUT2D eigenvalue weighted by Crippen LogP contribution is 2.05. The molecule has 0 aliphatic heterocycles. The van der Waals surface area contributed by atoms with E-state index >= 15 is 0 Å². The fraction of sp³-hybridized carbons (Fsp3) is 0.533. The molecule has 0 fully saturated rings. The summed E-state index contributed by atoms with van der Waals surface area (Å²) in [6.07, 6.45) is 1.52. The number of methoxy groups -OCH3 is 1. The molecule has 0 heterocycles. The molecule has 0 saturated heterocycles. The highest BCUT2D eigenvalue weighted by atomic mass is 16.6. The van der Waals surface area contributed by atoms with Crippen LogP contribution in [0, 0.1) is 0 Å². The van der Waals surface area contributed by atoms with Gasteiger partial charge >= 0.3 is 17.9 Å². The smallest absolute Gasteiger partial charge is 0.333 e. The number of hydrogen-bond acceptors (Lipinski definition) is 6. The van der Waals surface area contributed by atoms with Gasteiger partial charge in [0.15, 0.2) is 0 Å². The Bertz CT molecular complexity index is 410. The quantitative estimate of drug-likeness (QED) is 0.202. The minimum Gasteiger partial charge on any atom is -0.466 e. The molecule has 0 spiro atoms. The molecule has 0 atom stereocenters. The molecule has 0 aromatic heterocycles. The fourth-order valence-corrected chi connectivity index (χ4v) is 1.36. The lowest BCUT2D eigenvalue weighted by Crippen LogP contribution is -2.16. The van der Waals surface area contributed by atoms with E-state index < -0.39 is 11.9 Å². The molecule has 0 aromatic carbocycles. The van der Waals surface area contributed by atoms with Crippen LogP contribution in [0.25, 0.3) is 0 Å². The lowest BCUT2D eigenvalue weighted by atomic mass is 10.1. The average Bonchev–Trinajstić information content (AvgIpc) is 2.42. The largest absolute Gasteiger partial charge is 0.466 e. The first kappa shape index (κ1) is 18.9. The molecule has 6 nitrogen and oxygen atoms in total. The molecule has 21 heavy (non-hydrogen) atoms. The average molecular weight is 298 g/mol. The monoisotopic (exact) mass is 298 g/mol. The summed E-state index contributed by atoms with van der Waals surface area (Å²) in [5, 5.41) is 0. The molecular weight excluding hydrogens is 276 g/mol. The van der Waals surface area contributed by atoms with Crippen LogP contribution in [0.4, 0.5) is 0 Å². The Kier molecular flexibility index (Phi) is 9.58. The summed E-state index contributed by atoms with van der Waals surface area (Å²) in [5.74, 6) is -1.62. The van der Waals surface area contributed by atoms with Gasteiger partial charge in [-0.15, -0.1) is 6.58 Å². The zero-order chi connectivity index (χ0) is 16.3. The summed E-state index contributed by atoms with van der Waals surface area (Å²) >= 11 is 0. The van der Waals surface area contributed by atoms with E-state index in [2.05, 4.69) is 17.9 Å². The zero-order valence-electron chi connectivity index (χ0n) is 12.6. The first-order valence-electron chi connectivity index (χ1n) is 6.58. The van der Waals surface area contributed by atoms with E-state index in [1.54, 1.807) is 0 Å². The van der Waals surface area contributed by atoms with Crippen molar-refractivity contribution in [2.75, 3.05) is 20.3 Å². The van der Waals surface area contributed by atoms with Gasteiger partial charge in [0.05, 0.1) is 13.5 Å². The second-order valence-electron chi connectivity index (χ2n) is 4.52. The maximum absolute atomic E-state index is 11.3. The third-order valence-electron chi connectivity index (χ3n) is 2.43. The van der Waals surface area contributed by atoms with Crippen LogP contribution >= 0.6 is 0 Å². The number of rotatable bonds is 10. The van der Waals surface area contributed by atoms with Gasteiger partial charge in [-0.3, -0.25) is 9.59 Å². The molecule has 0 rings (SSSR count). The molecule has 0 unspecified atom stereocenters. The predicted octanol–water partition coefficient (Wildman–Crippen LogP) is 1.94. The van der Waals surface area contributed by atoms with Crippen LogP contribution in [-0.2, 0) is 28.6 Å². The topological polar surface area (TPSA) is 78.9 Å². The van der Waals surface area contributed by atoms with Crippen molar-refractivity contribution in [3.63, 3.8) is 0 Å². The number of ether oxygens (including phenoxy) is 3. The first-order valence-corrected chi connectivity index (χ1v) is 6.58. The molecule has 0 N–H and O–H groups in total. The summed E-state index contributed by atoms with van der Waals surface area (Å²) in [4.78, 5) is 33.6. The van der Waals surface area contributed by atoms with Gasteiger partial charge < -0.3 is 14.2 Å². The van der Waals surface area contributed by atoms with Crippen molar-refractivity contribution in [1.29, 1.82) is 0 Å². The summed E-state index contributed by atoms with van der Waals surface area (Å²) in [5.41, 5.74) is 1.03. The SMILES string of the molecule is C=C(C)CCCC(=O)OCCOC(=O)CC(=C)C(=O)OC. The van der Waals surface area contributed by atoms with E-state index in [1.165, 1.54) is 7.11 Å². The highest BCUT2D eigenvalue weighted by Gasteiger charge is 2.13. The van der Waals surface area contributed by atoms with Gasteiger partial charge in [0.2, 0.25) is 0 Å². The Morgan fingerprint density at radius 1 is 0.952 bits per heavy atom. The second-order valence-corrected chi connectivity index (χ2v) is 4.52. The van der Waals surface area contributed by atoms with Gasteiger partial charge in [0.25, 0.3) is 0 Å². The Labute approximate surface area is 124 Å². The van der Waals surface area contributed by atoms with Crippen molar-refractivity contribution in [3.05, 3.63) is 24.3 Å². The van der Waals surface area contributed by atoms with Crippen LogP contribution in [0.3, 0.4) is 0 Å². The van der Waals surface area contributed by atoms with Crippen molar-refractivity contribution in [2.45, 2.75) is 32.6 Å². The molecule has 0 aromatic rings. The van der Waals surface area contributed by atoms with Gasteiger partial charge in [-0.05, 0) is 19.8 Å². The first-order chi connectivity index (χ1) is 9.86. The van der Waals surface area contributed by atoms with Gasteiger partial charge in [-0.1, -0.05) is 12.2 Å². The summed E-state index contributed by atoms with van der Waals surface area (Å²) in [7, 11) is 1.20. The van der Waals surface area contributed by atoms with Crippen LogP contribution in [0.1, 0.15) is 32.6 Å². The van der Waals surface area contributed by atoms with Crippen LogP contribution in [0.15, 0.2) is 24.3 Å². The van der Waals surface area contributed by atoms with Crippen molar-refractivity contribution in [3.8, 4) is 0 Å². The molecular formula is C15H22O6. The maximum Gasteiger partial charge on any atom is 0.333 e. The normalized spacial score (nSPS) is 9.62. The molecule has 0 aliphatic carbocycles. The van der Waals surface area contributed by atoms with E-state index in [4.69, 9.17) is 9.47 Å². The Morgan fingerprint density at radius 2 is 1.52 bits per heavy atom. The predicted molar refractivity (Wildman–Crippen MR) is 76.4 cm³/mol. The Hall–Kier alpha value is -2.11. The van der Waals surface area contributed by atoms with Crippen LogP contribution in [-0.4, -0.2) is 38.2 Å². The third-order valence-corrected chi connectivity index (χ3v) is 2.43. The van der Waals surface area contributed by atoms with Crippen LogP contribution in [0.5, 0.6) is 0 Å². The highest BCUT2D eigenvalue weighted by molar-refractivity contribution is 5.93.